The highest BCUT2D eigenvalue weighted by atomic mass is 19.1. The van der Waals surface area contributed by atoms with Crippen LogP contribution in [0.1, 0.15) is 24.8 Å². The van der Waals surface area contributed by atoms with Gasteiger partial charge in [-0.25, -0.2) is 8.78 Å². The molecule has 1 saturated carbocycles. The van der Waals surface area contributed by atoms with E-state index in [1.807, 2.05) is 0 Å². The van der Waals surface area contributed by atoms with Crippen LogP contribution in [0.2, 0.25) is 0 Å². The van der Waals surface area contributed by atoms with Crippen LogP contribution in [0.4, 0.5) is 8.78 Å². The number of benzene rings is 1. The second kappa shape index (κ2) is 6.65. The maximum atomic E-state index is 13.0. The SMILES string of the molecule is O=C(O)C1CCCC1C(=O)NCCc1cc(F)cc(F)c1. The number of halogens is 2. The van der Waals surface area contributed by atoms with E-state index in [0.29, 0.717) is 24.8 Å². The topological polar surface area (TPSA) is 66.4 Å². The summed E-state index contributed by atoms with van der Waals surface area (Å²) in [6.07, 6.45) is 2.11. The number of nitrogens with one attached hydrogen (secondary N) is 1. The Hall–Kier alpha value is -1.98. The molecule has 1 amide bonds. The number of carboxylic acids is 1. The van der Waals surface area contributed by atoms with Crippen LogP contribution in [0.15, 0.2) is 18.2 Å². The van der Waals surface area contributed by atoms with Crippen molar-refractivity contribution in [2.75, 3.05) is 6.54 Å². The number of carbonyl (C=O) groups excluding carboxylic acids is 1. The minimum Gasteiger partial charge on any atom is -0.481 e. The predicted octanol–water partition coefficient (Wildman–Crippen LogP) is 2.12. The van der Waals surface area contributed by atoms with Crippen LogP contribution >= 0.6 is 0 Å². The average Bonchev–Trinajstić information content (AvgIpc) is 2.86. The Bertz CT molecular complexity index is 527. The second-order valence-electron chi connectivity index (χ2n) is 5.30. The molecule has 2 atom stereocenters. The molecule has 0 spiro atoms. The molecular weight excluding hydrogens is 280 g/mol. The van der Waals surface area contributed by atoms with Crippen molar-refractivity contribution in [3.05, 3.63) is 35.4 Å². The summed E-state index contributed by atoms with van der Waals surface area (Å²) in [5.41, 5.74) is 0.453. The molecule has 1 aromatic carbocycles. The fraction of sp³-hybridized carbons (Fsp3) is 0.467. The van der Waals surface area contributed by atoms with E-state index in [4.69, 9.17) is 5.11 Å². The Morgan fingerprint density at radius 2 is 1.76 bits per heavy atom. The van der Waals surface area contributed by atoms with Crippen LogP contribution in [0.25, 0.3) is 0 Å². The Balaban J connectivity index is 1.85. The minimum absolute atomic E-state index is 0.227. The van der Waals surface area contributed by atoms with Gasteiger partial charge in [-0.1, -0.05) is 6.42 Å². The summed E-state index contributed by atoms with van der Waals surface area (Å²) in [5, 5.41) is 11.7. The van der Waals surface area contributed by atoms with Crippen molar-refractivity contribution in [1.29, 1.82) is 0 Å². The zero-order valence-electron chi connectivity index (χ0n) is 11.4. The fourth-order valence-electron chi connectivity index (χ4n) is 2.79. The Morgan fingerprint density at radius 1 is 1.14 bits per heavy atom. The van der Waals surface area contributed by atoms with Gasteiger partial charge in [0, 0.05) is 12.6 Å². The van der Waals surface area contributed by atoms with Crippen molar-refractivity contribution >= 4 is 11.9 Å². The molecule has 0 heterocycles. The molecule has 114 valence electrons. The second-order valence-corrected chi connectivity index (χ2v) is 5.30. The summed E-state index contributed by atoms with van der Waals surface area (Å²) in [6.45, 7) is 0.227. The lowest BCUT2D eigenvalue weighted by molar-refractivity contribution is -0.146. The van der Waals surface area contributed by atoms with Crippen molar-refractivity contribution in [1.82, 2.24) is 5.32 Å². The van der Waals surface area contributed by atoms with Gasteiger partial charge in [0.2, 0.25) is 5.91 Å². The van der Waals surface area contributed by atoms with E-state index in [0.717, 1.165) is 12.5 Å². The van der Waals surface area contributed by atoms with Gasteiger partial charge >= 0.3 is 5.97 Å². The number of amides is 1. The summed E-state index contributed by atoms with van der Waals surface area (Å²) in [4.78, 5) is 23.0. The summed E-state index contributed by atoms with van der Waals surface area (Å²) in [7, 11) is 0. The molecule has 6 heteroatoms. The molecule has 21 heavy (non-hydrogen) atoms. The standard InChI is InChI=1S/C15H17F2NO3/c16-10-6-9(7-11(17)8-10)4-5-18-14(19)12-2-1-3-13(12)15(20)21/h6-8,12-13H,1-5H2,(H,18,19)(H,20,21). The average molecular weight is 297 g/mol. The first-order chi connectivity index (χ1) is 9.97. The van der Waals surface area contributed by atoms with Gasteiger partial charge in [-0.15, -0.1) is 0 Å². The first-order valence-electron chi connectivity index (χ1n) is 6.93. The van der Waals surface area contributed by atoms with E-state index in [-0.39, 0.29) is 12.5 Å². The fourth-order valence-corrected chi connectivity index (χ4v) is 2.79. The molecule has 1 aromatic rings. The molecule has 1 aliphatic carbocycles. The number of hydrogen-bond donors (Lipinski definition) is 2. The van der Waals surface area contributed by atoms with Crippen molar-refractivity contribution in [3.8, 4) is 0 Å². The maximum absolute atomic E-state index is 13.0. The van der Waals surface area contributed by atoms with E-state index >= 15 is 0 Å². The zero-order valence-corrected chi connectivity index (χ0v) is 11.4. The molecule has 0 aromatic heterocycles. The van der Waals surface area contributed by atoms with Gasteiger partial charge in [0.15, 0.2) is 0 Å². The van der Waals surface area contributed by atoms with Gasteiger partial charge in [-0.2, -0.15) is 0 Å². The first kappa shape index (κ1) is 15.4. The number of hydrogen-bond acceptors (Lipinski definition) is 2. The van der Waals surface area contributed by atoms with E-state index < -0.39 is 29.4 Å². The monoisotopic (exact) mass is 297 g/mol. The molecule has 1 aliphatic rings. The van der Waals surface area contributed by atoms with Crippen LogP contribution in [0.5, 0.6) is 0 Å². The quantitative estimate of drug-likeness (QED) is 0.875. The largest absolute Gasteiger partial charge is 0.481 e. The van der Waals surface area contributed by atoms with Gasteiger partial charge in [0.25, 0.3) is 0 Å². The lowest BCUT2D eigenvalue weighted by Crippen LogP contribution is -2.36. The van der Waals surface area contributed by atoms with Crippen molar-refractivity contribution in [3.63, 3.8) is 0 Å². The smallest absolute Gasteiger partial charge is 0.307 e. The maximum Gasteiger partial charge on any atom is 0.307 e. The van der Waals surface area contributed by atoms with Gasteiger partial charge in [0.1, 0.15) is 11.6 Å². The van der Waals surface area contributed by atoms with Crippen LogP contribution < -0.4 is 5.32 Å². The normalized spacial score (nSPS) is 21.2. The molecule has 2 unspecified atom stereocenters. The van der Waals surface area contributed by atoms with Crippen LogP contribution in [0.3, 0.4) is 0 Å². The minimum atomic E-state index is -0.945. The third kappa shape index (κ3) is 4.00. The van der Waals surface area contributed by atoms with Gasteiger partial charge in [-0.05, 0) is 37.0 Å². The lowest BCUT2D eigenvalue weighted by Gasteiger charge is -2.15. The number of aliphatic carboxylic acids is 1. The summed E-state index contributed by atoms with van der Waals surface area (Å²) in [6, 6.07) is 3.22. The van der Waals surface area contributed by atoms with Crippen molar-refractivity contribution < 1.29 is 23.5 Å². The molecule has 0 radical (unpaired) electrons. The van der Waals surface area contributed by atoms with Crippen molar-refractivity contribution in [2.45, 2.75) is 25.7 Å². The van der Waals surface area contributed by atoms with E-state index in [1.165, 1.54) is 12.1 Å². The van der Waals surface area contributed by atoms with Gasteiger partial charge in [-0.3, -0.25) is 9.59 Å². The highest BCUT2D eigenvalue weighted by molar-refractivity contribution is 5.85. The number of carboxylic acid groups (broad SMARTS) is 1. The van der Waals surface area contributed by atoms with Gasteiger partial charge in [0.05, 0.1) is 11.8 Å². The third-order valence-corrected chi connectivity index (χ3v) is 3.81. The Kier molecular flexibility index (Phi) is 4.88. The molecule has 0 aliphatic heterocycles. The summed E-state index contributed by atoms with van der Waals surface area (Å²) < 4.78 is 26.0. The Labute approximate surface area is 121 Å². The molecule has 2 N–H and O–H groups in total. The molecule has 2 rings (SSSR count). The van der Waals surface area contributed by atoms with Crippen molar-refractivity contribution in [2.24, 2.45) is 11.8 Å². The summed E-state index contributed by atoms with van der Waals surface area (Å²) in [5.74, 6) is -3.68. The van der Waals surface area contributed by atoms with Crippen LogP contribution in [0, 0.1) is 23.5 Å². The van der Waals surface area contributed by atoms with E-state index in [9.17, 15) is 18.4 Å². The van der Waals surface area contributed by atoms with Crippen LogP contribution in [-0.4, -0.2) is 23.5 Å². The Morgan fingerprint density at radius 3 is 2.38 bits per heavy atom. The highest BCUT2D eigenvalue weighted by Crippen LogP contribution is 2.31. The third-order valence-electron chi connectivity index (χ3n) is 3.81. The molecule has 0 bridgehead atoms. The predicted molar refractivity (Wildman–Crippen MR) is 71.5 cm³/mol. The number of carbonyl (C=O) groups is 2. The van der Waals surface area contributed by atoms with E-state index in [2.05, 4.69) is 5.32 Å². The molecule has 1 fully saturated rings. The number of rotatable bonds is 5. The molecule has 4 nitrogen and oxygen atoms in total. The van der Waals surface area contributed by atoms with E-state index in [1.54, 1.807) is 0 Å². The lowest BCUT2D eigenvalue weighted by atomic mass is 9.95. The molecular formula is C15H17F2NO3. The van der Waals surface area contributed by atoms with Crippen LogP contribution in [-0.2, 0) is 16.0 Å². The van der Waals surface area contributed by atoms with Gasteiger partial charge < -0.3 is 10.4 Å². The first-order valence-corrected chi connectivity index (χ1v) is 6.93. The molecule has 0 saturated heterocycles. The zero-order chi connectivity index (χ0) is 15.4. The summed E-state index contributed by atoms with van der Waals surface area (Å²) >= 11 is 0. The highest BCUT2D eigenvalue weighted by Gasteiger charge is 2.37.